The molecule has 5 nitrogen and oxygen atoms in total. The van der Waals surface area contributed by atoms with Gasteiger partial charge in [-0.15, -0.1) is 0 Å². The number of nitrogen functional groups attached to an aromatic ring is 1. The van der Waals surface area contributed by atoms with Crippen molar-refractivity contribution in [2.75, 3.05) is 24.2 Å². The van der Waals surface area contributed by atoms with E-state index >= 15 is 0 Å². The van der Waals surface area contributed by atoms with Gasteiger partial charge in [0.05, 0.1) is 16.9 Å². The number of hydrogen-bond donors (Lipinski definition) is 4. The Morgan fingerprint density at radius 2 is 2.16 bits per heavy atom. The number of hydrogen-bond acceptors (Lipinski definition) is 4. The van der Waals surface area contributed by atoms with Crippen molar-refractivity contribution in [3.8, 4) is 0 Å². The Labute approximate surface area is 110 Å². The normalized spacial score (nSPS) is 16.1. The molecule has 0 spiro atoms. The largest absolute Gasteiger partial charge is 0.478 e. The van der Waals surface area contributed by atoms with Gasteiger partial charge in [-0.25, -0.2) is 9.18 Å². The van der Waals surface area contributed by atoms with Gasteiger partial charge in [0.1, 0.15) is 5.82 Å². The number of carbonyl (C=O) groups is 1. The van der Waals surface area contributed by atoms with Crippen LogP contribution in [0, 0.1) is 11.2 Å². The zero-order valence-corrected chi connectivity index (χ0v) is 10.4. The fraction of sp³-hybridized carbons (Fsp3) is 0.462. The second-order valence-electron chi connectivity index (χ2n) is 5.05. The second kappa shape index (κ2) is 5.05. The average molecular weight is 268 g/mol. The van der Waals surface area contributed by atoms with E-state index in [2.05, 4.69) is 5.32 Å². The Balaban J connectivity index is 2.09. The topological polar surface area (TPSA) is 95.6 Å². The summed E-state index contributed by atoms with van der Waals surface area (Å²) < 4.78 is 13.5. The van der Waals surface area contributed by atoms with Gasteiger partial charge in [0.25, 0.3) is 0 Å². The summed E-state index contributed by atoms with van der Waals surface area (Å²) >= 11 is 0. The van der Waals surface area contributed by atoms with Crippen molar-refractivity contribution in [2.45, 2.75) is 19.3 Å². The van der Waals surface area contributed by atoms with Gasteiger partial charge in [0.2, 0.25) is 0 Å². The fourth-order valence-electron chi connectivity index (χ4n) is 2.12. The molecule has 0 unspecified atom stereocenters. The molecule has 5 N–H and O–H groups in total. The number of carboxylic acid groups (broad SMARTS) is 1. The average Bonchev–Trinajstić information content (AvgIpc) is 3.10. The maximum Gasteiger partial charge on any atom is 0.338 e. The number of rotatable bonds is 6. The van der Waals surface area contributed by atoms with Crippen molar-refractivity contribution in [3.63, 3.8) is 0 Å². The second-order valence-corrected chi connectivity index (χ2v) is 5.05. The molecule has 0 bridgehead atoms. The molecule has 1 saturated carbocycles. The van der Waals surface area contributed by atoms with Crippen molar-refractivity contribution in [3.05, 3.63) is 23.5 Å². The van der Waals surface area contributed by atoms with Gasteiger partial charge in [0.15, 0.2) is 0 Å². The van der Waals surface area contributed by atoms with Crippen LogP contribution in [0.4, 0.5) is 15.8 Å². The lowest BCUT2D eigenvalue weighted by atomic mass is 10.0. The molecule has 0 amide bonds. The summed E-state index contributed by atoms with van der Waals surface area (Å²) in [7, 11) is 0. The van der Waals surface area contributed by atoms with Crippen LogP contribution in [-0.4, -0.2) is 29.3 Å². The highest BCUT2D eigenvalue weighted by Crippen LogP contribution is 2.48. The van der Waals surface area contributed by atoms with E-state index in [-0.39, 0.29) is 17.7 Å². The van der Waals surface area contributed by atoms with Gasteiger partial charge in [-0.3, -0.25) is 0 Å². The summed E-state index contributed by atoms with van der Waals surface area (Å²) in [6, 6.07) is 2.22. The molecule has 1 aliphatic carbocycles. The number of aromatic carboxylic acids is 1. The number of benzene rings is 1. The van der Waals surface area contributed by atoms with Crippen molar-refractivity contribution in [1.82, 2.24) is 0 Å². The summed E-state index contributed by atoms with van der Waals surface area (Å²) in [6.45, 7) is 0.729. The van der Waals surface area contributed by atoms with Crippen LogP contribution in [0.2, 0.25) is 0 Å². The van der Waals surface area contributed by atoms with Crippen LogP contribution in [0.15, 0.2) is 12.1 Å². The maximum absolute atomic E-state index is 13.5. The van der Waals surface area contributed by atoms with Crippen LogP contribution in [0.1, 0.15) is 29.6 Å². The van der Waals surface area contributed by atoms with E-state index < -0.39 is 17.3 Å². The first-order valence-corrected chi connectivity index (χ1v) is 6.14. The minimum atomic E-state index is -1.34. The Kier molecular flexibility index (Phi) is 3.61. The molecule has 6 heteroatoms. The van der Waals surface area contributed by atoms with Crippen LogP contribution in [0.25, 0.3) is 0 Å². The minimum Gasteiger partial charge on any atom is -0.478 e. The summed E-state index contributed by atoms with van der Waals surface area (Å²) in [5.74, 6) is -2.15. The quantitative estimate of drug-likeness (QED) is 0.589. The maximum atomic E-state index is 13.5. The molecule has 0 saturated heterocycles. The van der Waals surface area contributed by atoms with Crippen LogP contribution >= 0.6 is 0 Å². The van der Waals surface area contributed by atoms with Crippen LogP contribution in [-0.2, 0) is 0 Å². The molecule has 0 aromatic heterocycles. The van der Waals surface area contributed by atoms with Crippen molar-refractivity contribution < 1.29 is 19.4 Å². The standard InChI is InChI=1S/C13H17FN2O3/c14-9-6-11(10(15)5-8(9)12(18)19)16-7-13(1-2-13)3-4-17/h5-6,16-17H,1-4,7,15H2,(H,18,19). The number of aliphatic hydroxyl groups excluding tert-OH is 1. The Morgan fingerprint density at radius 1 is 1.47 bits per heavy atom. The van der Waals surface area contributed by atoms with Gasteiger partial charge in [0, 0.05) is 13.2 Å². The Morgan fingerprint density at radius 3 is 2.68 bits per heavy atom. The highest BCUT2D eigenvalue weighted by molar-refractivity contribution is 5.90. The van der Waals surface area contributed by atoms with E-state index in [0.717, 1.165) is 25.0 Å². The first kappa shape index (κ1) is 13.6. The zero-order valence-electron chi connectivity index (χ0n) is 10.4. The monoisotopic (exact) mass is 268 g/mol. The van der Waals surface area contributed by atoms with E-state index in [1.165, 1.54) is 0 Å². The van der Waals surface area contributed by atoms with Gasteiger partial charge < -0.3 is 21.3 Å². The molecular weight excluding hydrogens is 251 g/mol. The molecule has 19 heavy (non-hydrogen) atoms. The predicted octanol–water partition coefficient (Wildman–Crippen LogP) is 1.68. The molecule has 0 atom stereocenters. The first-order valence-electron chi connectivity index (χ1n) is 6.14. The van der Waals surface area contributed by atoms with E-state index in [1.54, 1.807) is 0 Å². The summed E-state index contributed by atoms with van der Waals surface area (Å²) in [4.78, 5) is 10.8. The number of nitrogens with one attached hydrogen (secondary N) is 1. The lowest BCUT2D eigenvalue weighted by Crippen LogP contribution is -2.18. The Hall–Kier alpha value is -1.82. The molecular formula is C13H17FN2O3. The van der Waals surface area contributed by atoms with E-state index in [1.807, 2.05) is 0 Å². The molecule has 1 fully saturated rings. The van der Waals surface area contributed by atoms with E-state index in [9.17, 15) is 9.18 Å². The third-order valence-corrected chi connectivity index (χ3v) is 3.62. The van der Waals surface area contributed by atoms with E-state index in [4.69, 9.17) is 15.9 Å². The third-order valence-electron chi connectivity index (χ3n) is 3.62. The molecule has 1 aromatic carbocycles. The molecule has 1 aliphatic rings. The van der Waals surface area contributed by atoms with E-state index in [0.29, 0.717) is 18.7 Å². The van der Waals surface area contributed by atoms with Gasteiger partial charge in [-0.05, 0) is 36.8 Å². The molecule has 0 radical (unpaired) electrons. The molecule has 2 rings (SSSR count). The molecule has 0 aliphatic heterocycles. The van der Waals surface area contributed by atoms with Gasteiger partial charge >= 0.3 is 5.97 Å². The molecule has 0 heterocycles. The highest BCUT2D eigenvalue weighted by Gasteiger charge is 2.41. The lowest BCUT2D eigenvalue weighted by molar-refractivity contribution is 0.0692. The first-order chi connectivity index (χ1) is 8.97. The summed E-state index contributed by atoms with van der Waals surface area (Å²) in [6.07, 6.45) is 2.75. The highest BCUT2D eigenvalue weighted by atomic mass is 19.1. The lowest BCUT2D eigenvalue weighted by Gasteiger charge is -2.17. The number of halogens is 1. The third kappa shape index (κ3) is 2.96. The number of anilines is 2. The number of carboxylic acids is 1. The van der Waals surface area contributed by atoms with Crippen molar-refractivity contribution in [1.29, 1.82) is 0 Å². The van der Waals surface area contributed by atoms with Crippen molar-refractivity contribution in [2.24, 2.45) is 5.41 Å². The SMILES string of the molecule is Nc1cc(C(=O)O)c(F)cc1NCC1(CCO)CC1. The van der Waals surface area contributed by atoms with Crippen LogP contribution in [0.5, 0.6) is 0 Å². The minimum absolute atomic E-state index is 0.0726. The summed E-state index contributed by atoms with van der Waals surface area (Å²) in [5.41, 5.74) is 5.95. The Bertz CT molecular complexity index is 501. The molecule has 1 aromatic rings. The smallest absolute Gasteiger partial charge is 0.338 e. The van der Waals surface area contributed by atoms with Crippen LogP contribution in [0.3, 0.4) is 0 Å². The summed E-state index contributed by atoms with van der Waals surface area (Å²) in [5, 5.41) is 20.8. The van der Waals surface area contributed by atoms with Crippen molar-refractivity contribution >= 4 is 17.3 Å². The number of nitrogens with two attached hydrogens (primary N) is 1. The molecule has 104 valence electrons. The predicted molar refractivity (Wildman–Crippen MR) is 69.6 cm³/mol. The zero-order chi connectivity index (χ0) is 14.0. The number of aliphatic hydroxyl groups is 1. The van der Waals surface area contributed by atoms with Crippen LogP contribution < -0.4 is 11.1 Å². The van der Waals surface area contributed by atoms with Gasteiger partial charge in [-0.1, -0.05) is 0 Å². The fourth-order valence-corrected chi connectivity index (χ4v) is 2.12. The van der Waals surface area contributed by atoms with Gasteiger partial charge in [-0.2, -0.15) is 0 Å².